The fraction of sp³-hybridized carbons (Fsp3) is 0.0968. The summed E-state index contributed by atoms with van der Waals surface area (Å²) in [4.78, 5) is 0. The second-order valence-corrected chi connectivity index (χ2v) is 9.24. The van der Waals surface area contributed by atoms with E-state index in [1.54, 1.807) is 0 Å². The van der Waals surface area contributed by atoms with Crippen LogP contribution in [0.15, 0.2) is 84.9 Å². The Labute approximate surface area is 190 Å². The maximum atomic E-state index is 2.42. The molecule has 0 amide bonds. The minimum atomic E-state index is 0.199. The Morgan fingerprint density at radius 3 is 1.34 bits per heavy atom. The van der Waals surface area contributed by atoms with Gasteiger partial charge in [0.1, 0.15) is 0 Å². The molecule has 0 radical (unpaired) electrons. The van der Waals surface area contributed by atoms with E-state index in [0.29, 0.717) is 0 Å². The normalized spacial score (nSPS) is 12.7. The SMILES string of the molecule is Cc1cc(C)c(B2c3cc4ccccc4cc3C=Cc3cc4ccccc4cc32)c(C)c1. The molecule has 0 saturated carbocycles. The smallest absolute Gasteiger partial charge is 0.0629 e. The van der Waals surface area contributed by atoms with E-state index in [9.17, 15) is 0 Å². The van der Waals surface area contributed by atoms with Crippen molar-refractivity contribution < 1.29 is 0 Å². The molecular weight excluding hydrogens is 383 g/mol. The highest BCUT2D eigenvalue weighted by molar-refractivity contribution is 6.97. The van der Waals surface area contributed by atoms with Crippen molar-refractivity contribution in [2.75, 3.05) is 0 Å². The molecule has 0 fully saturated rings. The third kappa shape index (κ3) is 3.00. The van der Waals surface area contributed by atoms with Gasteiger partial charge in [-0.3, -0.25) is 0 Å². The van der Waals surface area contributed by atoms with Crippen molar-refractivity contribution in [2.24, 2.45) is 0 Å². The van der Waals surface area contributed by atoms with Crippen LogP contribution < -0.4 is 16.4 Å². The zero-order valence-corrected chi connectivity index (χ0v) is 18.8. The molecule has 0 spiro atoms. The molecule has 5 aromatic carbocycles. The Hall–Kier alpha value is -3.58. The summed E-state index contributed by atoms with van der Waals surface area (Å²) in [6.07, 6.45) is 4.63. The van der Waals surface area contributed by atoms with Crippen LogP contribution in [0.5, 0.6) is 0 Å². The molecule has 0 saturated heterocycles. The quantitative estimate of drug-likeness (QED) is 0.297. The molecule has 5 aromatic rings. The molecule has 1 aliphatic rings. The monoisotopic (exact) mass is 408 g/mol. The molecule has 1 heteroatoms. The molecule has 0 aromatic heterocycles. The molecular formula is C31H25B. The van der Waals surface area contributed by atoms with E-state index in [0.717, 1.165) is 0 Å². The van der Waals surface area contributed by atoms with E-state index in [1.165, 1.54) is 65.8 Å². The van der Waals surface area contributed by atoms with Gasteiger partial charge in [0.25, 0.3) is 0 Å². The molecule has 0 bridgehead atoms. The van der Waals surface area contributed by atoms with Gasteiger partial charge in [-0.1, -0.05) is 118 Å². The lowest BCUT2D eigenvalue weighted by Gasteiger charge is -2.23. The summed E-state index contributed by atoms with van der Waals surface area (Å²) < 4.78 is 0. The molecule has 32 heavy (non-hydrogen) atoms. The highest BCUT2D eigenvalue weighted by Crippen LogP contribution is 2.23. The summed E-state index contributed by atoms with van der Waals surface area (Å²) in [5.74, 6) is 0. The summed E-state index contributed by atoms with van der Waals surface area (Å²) in [7, 11) is 0. The van der Waals surface area contributed by atoms with Crippen LogP contribution in [-0.2, 0) is 0 Å². The van der Waals surface area contributed by atoms with Gasteiger partial charge in [-0.05, 0) is 65.6 Å². The third-order valence-corrected chi connectivity index (χ3v) is 6.99. The van der Waals surface area contributed by atoms with Gasteiger partial charge in [0.05, 0.1) is 0 Å². The third-order valence-electron chi connectivity index (χ3n) is 6.99. The zero-order valence-electron chi connectivity index (χ0n) is 18.8. The maximum Gasteiger partial charge on any atom is 0.243 e. The topological polar surface area (TPSA) is 0 Å². The van der Waals surface area contributed by atoms with Crippen LogP contribution in [0.2, 0.25) is 0 Å². The largest absolute Gasteiger partial charge is 0.243 e. The van der Waals surface area contributed by atoms with Crippen LogP contribution in [0.3, 0.4) is 0 Å². The highest BCUT2D eigenvalue weighted by Gasteiger charge is 2.30. The second-order valence-electron chi connectivity index (χ2n) is 9.24. The number of aryl methyl sites for hydroxylation is 3. The fourth-order valence-electron chi connectivity index (χ4n) is 5.64. The minimum absolute atomic E-state index is 0.199. The zero-order chi connectivity index (χ0) is 21.8. The average molecular weight is 408 g/mol. The van der Waals surface area contributed by atoms with Gasteiger partial charge in [0.15, 0.2) is 0 Å². The Morgan fingerprint density at radius 2 is 0.906 bits per heavy atom. The van der Waals surface area contributed by atoms with Crippen LogP contribution in [0.4, 0.5) is 0 Å². The number of rotatable bonds is 1. The summed E-state index contributed by atoms with van der Waals surface area (Å²) in [6, 6.07) is 31.7. The van der Waals surface area contributed by atoms with Crippen LogP contribution in [0.25, 0.3) is 33.7 Å². The number of hydrogen-bond acceptors (Lipinski definition) is 0. The lowest BCUT2D eigenvalue weighted by molar-refractivity contribution is 1.35. The lowest BCUT2D eigenvalue weighted by atomic mass is 9.34. The molecule has 0 nitrogen and oxygen atoms in total. The van der Waals surface area contributed by atoms with Crippen molar-refractivity contribution in [3.05, 3.63) is 113 Å². The lowest BCUT2D eigenvalue weighted by Crippen LogP contribution is -2.55. The molecule has 0 aliphatic carbocycles. The van der Waals surface area contributed by atoms with Crippen LogP contribution in [0, 0.1) is 20.8 Å². The Balaban J connectivity index is 1.74. The Kier molecular flexibility index (Phi) is 4.33. The van der Waals surface area contributed by atoms with Gasteiger partial charge in [-0.15, -0.1) is 0 Å². The van der Waals surface area contributed by atoms with E-state index in [1.807, 2.05) is 0 Å². The Morgan fingerprint density at radius 1 is 0.500 bits per heavy atom. The fourth-order valence-corrected chi connectivity index (χ4v) is 5.64. The summed E-state index contributed by atoms with van der Waals surface area (Å²) in [6.45, 7) is 6.94. The first-order valence-electron chi connectivity index (χ1n) is 11.4. The Bertz CT molecular complexity index is 1440. The van der Waals surface area contributed by atoms with Crippen molar-refractivity contribution >= 4 is 56.8 Å². The van der Waals surface area contributed by atoms with Gasteiger partial charge >= 0.3 is 0 Å². The second kappa shape index (κ2) is 7.24. The molecule has 1 heterocycles. The van der Waals surface area contributed by atoms with E-state index in [2.05, 4.69) is 118 Å². The van der Waals surface area contributed by atoms with Crippen molar-refractivity contribution in [1.29, 1.82) is 0 Å². The average Bonchev–Trinajstić information content (AvgIpc) is 2.92. The van der Waals surface area contributed by atoms with E-state index in [4.69, 9.17) is 0 Å². The first-order chi connectivity index (χ1) is 15.6. The highest BCUT2D eigenvalue weighted by atomic mass is 14.1. The predicted molar refractivity (Wildman–Crippen MR) is 142 cm³/mol. The van der Waals surface area contributed by atoms with Crippen molar-refractivity contribution in [2.45, 2.75) is 20.8 Å². The van der Waals surface area contributed by atoms with Gasteiger partial charge < -0.3 is 0 Å². The van der Waals surface area contributed by atoms with E-state index in [-0.39, 0.29) is 6.71 Å². The predicted octanol–water partition coefficient (Wildman–Crippen LogP) is 5.92. The molecule has 0 atom stereocenters. The van der Waals surface area contributed by atoms with Crippen LogP contribution >= 0.6 is 0 Å². The number of hydrogen-bond donors (Lipinski definition) is 0. The molecule has 0 N–H and O–H groups in total. The summed E-state index contributed by atoms with van der Waals surface area (Å²) >= 11 is 0. The molecule has 0 unspecified atom stereocenters. The van der Waals surface area contributed by atoms with Gasteiger partial charge in [-0.2, -0.15) is 0 Å². The standard InChI is InChI=1S/C31H25B/c1-20-14-21(2)31(22(3)15-20)32-29-18-25-10-6-4-8-23(25)16-27(29)12-13-28-17-24-9-5-7-11-26(24)19-30(28)32/h4-19H,1-3H3. The molecule has 1 aliphatic heterocycles. The molecule has 6 rings (SSSR count). The van der Waals surface area contributed by atoms with Crippen LogP contribution in [-0.4, -0.2) is 6.71 Å². The van der Waals surface area contributed by atoms with Gasteiger partial charge in [-0.25, -0.2) is 0 Å². The maximum absolute atomic E-state index is 2.42. The summed E-state index contributed by atoms with van der Waals surface area (Å²) in [5, 5.41) is 5.19. The molecule has 152 valence electrons. The van der Waals surface area contributed by atoms with Crippen LogP contribution in [0.1, 0.15) is 27.8 Å². The van der Waals surface area contributed by atoms with E-state index >= 15 is 0 Å². The van der Waals surface area contributed by atoms with Crippen molar-refractivity contribution in [3.8, 4) is 0 Å². The van der Waals surface area contributed by atoms with E-state index < -0.39 is 0 Å². The first-order valence-corrected chi connectivity index (χ1v) is 11.4. The first kappa shape index (κ1) is 19.1. The van der Waals surface area contributed by atoms with Crippen molar-refractivity contribution in [3.63, 3.8) is 0 Å². The summed E-state index contributed by atoms with van der Waals surface area (Å²) in [5.41, 5.74) is 10.9. The number of fused-ring (bicyclic) bond motifs is 4. The van der Waals surface area contributed by atoms with Gasteiger partial charge in [0.2, 0.25) is 6.71 Å². The number of benzene rings is 5. The van der Waals surface area contributed by atoms with Crippen molar-refractivity contribution in [1.82, 2.24) is 0 Å². The van der Waals surface area contributed by atoms with Gasteiger partial charge in [0, 0.05) is 0 Å². The minimum Gasteiger partial charge on any atom is -0.0629 e.